The van der Waals surface area contributed by atoms with Crippen LogP contribution in [0.2, 0.25) is 0 Å². The number of rotatable bonds is 6. The Hall–Kier alpha value is -3.11. The van der Waals surface area contributed by atoms with E-state index in [1.165, 1.54) is 28.7 Å². The van der Waals surface area contributed by atoms with Crippen molar-refractivity contribution in [3.63, 3.8) is 0 Å². The lowest BCUT2D eigenvalue weighted by Gasteiger charge is -2.35. The lowest BCUT2D eigenvalue weighted by Crippen LogP contribution is -2.49. The molecule has 36 heavy (non-hydrogen) atoms. The van der Waals surface area contributed by atoms with Crippen molar-refractivity contribution >= 4 is 39.4 Å². The standard InChI is InChI=1S/C26H26FN5O2S2/c1-15-21(32-12-13-35-26(32)29-15)23(33)28-14-17-6-4-5-11-31(17)25(34)20-22(18-7-2-3-8-19(18)27)36-24(30-20)16-9-10-16/h2-3,7-8,12-13,16-17H,4-6,9-11,14H2,1H3,(H,28,33)/t17-/m0/s1. The second kappa shape index (κ2) is 9.40. The second-order valence-corrected chi connectivity index (χ2v) is 11.3. The van der Waals surface area contributed by atoms with Crippen molar-refractivity contribution in [1.29, 1.82) is 0 Å². The van der Waals surface area contributed by atoms with Crippen LogP contribution in [0.25, 0.3) is 15.4 Å². The van der Waals surface area contributed by atoms with Crippen LogP contribution in [0.4, 0.5) is 4.39 Å². The molecular weight excluding hydrogens is 497 g/mol. The zero-order valence-electron chi connectivity index (χ0n) is 19.9. The van der Waals surface area contributed by atoms with Gasteiger partial charge in [0.15, 0.2) is 4.96 Å². The van der Waals surface area contributed by atoms with Crippen LogP contribution in [0.5, 0.6) is 0 Å². The van der Waals surface area contributed by atoms with Gasteiger partial charge in [0.1, 0.15) is 17.2 Å². The van der Waals surface area contributed by atoms with Gasteiger partial charge in [-0.1, -0.05) is 18.2 Å². The van der Waals surface area contributed by atoms with E-state index in [0.29, 0.717) is 46.5 Å². The van der Waals surface area contributed by atoms with Gasteiger partial charge in [-0.2, -0.15) is 0 Å². The number of carbonyl (C=O) groups is 2. The molecule has 186 valence electrons. The number of benzene rings is 1. The van der Waals surface area contributed by atoms with E-state index in [-0.39, 0.29) is 23.7 Å². The molecule has 1 saturated carbocycles. The molecule has 1 saturated heterocycles. The number of aryl methyl sites for hydroxylation is 1. The third kappa shape index (κ3) is 4.22. The van der Waals surface area contributed by atoms with Crippen molar-refractivity contribution < 1.29 is 14.0 Å². The highest BCUT2D eigenvalue weighted by Gasteiger charge is 2.35. The topological polar surface area (TPSA) is 79.6 Å². The van der Waals surface area contributed by atoms with Crippen molar-refractivity contribution in [2.45, 2.75) is 51.0 Å². The molecule has 2 aliphatic rings. The molecule has 2 amide bonds. The maximum atomic E-state index is 14.7. The van der Waals surface area contributed by atoms with Gasteiger partial charge < -0.3 is 10.2 Å². The molecule has 4 heterocycles. The predicted octanol–water partition coefficient (Wildman–Crippen LogP) is 5.27. The Morgan fingerprint density at radius 1 is 1.17 bits per heavy atom. The van der Waals surface area contributed by atoms with Gasteiger partial charge in [0.25, 0.3) is 11.8 Å². The van der Waals surface area contributed by atoms with E-state index in [9.17, 15) is 14.0 Å². The lowest BCUT2D eigenvalue weighted by atomic mass is 10.0. The smallest absolute Gasteiger partial charge is 0.274 e. The van der Waals surface area contributed by atoms with E-state index in [4.69, 9.17) is 4.98 Å². The molecule has 1 N–H and O–H groups in total. The van der Waals surface area contributed by atoms with Crippen molar-refractivity contribution in [3.8, 4) is 10.4 Å². The summed E-state index contributed by atoms with van der Waals surface area (Å²) in [7, 11) is 0. The fourth-order valence-corrected chi connectivity index (χ4v) is 6.91. The largest absolute Gasteiger partial charge is 0.349 e. The van der Waals surface area contributed by atoms with E-state index in [1.807, 2.05) is 23.4 Å². The van der Waals surface area contributed by atoms with Crippen molar-refractivity contribution in [3.05, 3.63) is 63.7 Å². The molecule has 0 spiro atoms. The van der Waals surface area contributed by atoms with Crippen molar-refractivity contribution in [2.24, 2.45) is 0 Å². The normalized spacial score (nSPS) is 18.1. The summed E-state index contributed by atoms with van der Waals surface area (Å²) in [5.41, 5.74) is 1.95. The molecule has 0 bridgehead atoms. The number of halogens is 1. The summed E-state index contributed by atoms with van der Waals surface area (Å²) in [6, 6.07) is 6.41. The molecule has 1 aromatic carbocycles. The Labute approximate surface area is 216 Å². The SMILES string of the molecule is Cc1nc2sccn2c1C(=O)NC[C@@H]1CCCCN1C(=O)c1nc(C2CC2)sc1-c1ccccc1F. The van der Waals surface area contributed by atoms with Gasteiger partial charge in [-0.05, 0) is 45.1 Å². The van der Waals surface area contributed by atoms with Gasteiger partial charge in [-0.15, -0.1) is 22.7 Å². The Morgan fingerprint density at radius 3 is 2.81 bits per heavy atom. The quantitative estimate of drug-likeness (QED) is 0.374. The Kier molecular flexibility index (Phi) is 6.08. The fourth-order valence-electron chi connectivity index (χ4n) is 4.89. The minimum Gasteiger partial charge on any atom is -0.349 e. The molecule has 1 atom stereocenters. The molecule has 10 heteroatoms. The maximum Gasteiger partial charge on any atom is 0.274 e. The Bertz CT molecular complexity index is 1450. The molecule has 7 nitrogen and oxygen atoms in total. The van der Waals surface area contributed by atoms with E-state index in [0.717, 1.165) is 42.1 Å². The van der Waals surface area contributed by atoms with Crippen LogP contribution in [0.1, 0.15) is 69.7 Å². The van der Waals surface area contributed by atoms with Crippen LogP contribution in [0.15, 0.2) is 35.8 Å². The first-order chi connectivity index (χ1) is 17.5. The highest BCUT2D eigenvalue weighted by molar-refractivity contribution is 7.15. The van der Waals surface area contributed by atoms with E-state index in [2.05, 4.69) is 10.3 Å². The number of aromatic nitrogens is 3. The minimum absolute atomic E-state index is 0.152. The maximum absolute atomic E-state index is 14.7. The zero-order chi connectivity index (χ0) is 24.8. The van der Waals surface area contributed by atoms with Crippen molar-refractivity contribution in [2.75, 3.05) is 13.1 Å². The number of nitrogens with zero attached hydrogens (tertiary/aromatic N) is 4. The number of piperidine rings is 1. The summed E-state index contributed by atoms with van der Waals surface area (Å²) in [6.45, 7) is 2.76. The third-order valence-corrected chi connectivity index (χ3v) is 8.94. The molecule has 0 unspecified atom stereocenters. The molecule has 3 aromatic heterocycles. The number of thiazole rings is 2. The summed E-state index contributed by atoms with van der Waals surface area (Å²) >= 11 is 2.92. The summed E-state index contributed by atoms with van der Waals surface area (Å²) in [6.07, 6.45) is 6.62. The van der Waals surface area contributed by atoms with Crippen LogP contribution in [0.3, 0.4) is 0 Å². The summed E-state index contributed by atoms with van der Waals surface area (Å²) in [5, 5.41) is 5.85. The Balaban J connectivity index is 1.25. The zero-order valence-corrected chi connectivity index (χ0v) is 21.5. The van der Waals surface area contributed by atoms with Gasteiger partial charge in [0.05, 0.1) is 15.6 Å². The van der Waals surface area contributed by atoms with E-state index in [1.54, 1.807) is 22.6 Å². The van der Waals surface area contributed by atoms with E-state index < -0.39 is 0 Å². The first-order valence-electron chi connectivity index (χ1n) is 12.3. The molecule has 4 aromatic rings. The first kappa shape index (κ1) is 23.3. The summed E-state index contributed by atoms with van der Waals surface area (Å²) in [5.74, 6) is -0.369. The van der Waals surface area contributed by atoms with Gasteiger partial charge in [0.2, 0.25) is 0 Å². The van der Waals surface area contributed by atoms with Crippen LogP contribution >= 0.6 is 22.7 Å². The molecule has 1 aliphatic heterocycles. The number of amides is 2. The third-order valence-electron chi connectivity index (χ3n) is 6.93. The number of likely N-dealkylation sites (tertiary alicyclic amines) is 1. The molecule has 1 aliphatic carbocycles. The average Bonchev–Trinajstić information content (AvgIpc) is 3.34. The lowest BCUT2D eigenvalue weighted by molar-refractivity contribution is 0.0597. The molecule has 0 radical (unpaired) electrons. The van der Waals surface area contributed by atoms with Gasteiger partial charge in [-0.25, -0.2) is 14.4 Å². The van der Waals surface area contributed by atoms with Gasteiger partial charge in [0, 0.05) is 42.2 Å². The first-order valence-corrected chi connectivity index (χ1v) is 14.0. The second-order valence-electron chi connectivity index (χ2n) is 9.44. The molecule has 2 fully saturated rings. The number of nitrogens with one attached hydrogen (secondary N) is 1. The van der Waals surface area contributed by atoms with Gasteiger partial charge in [-0.3, -0.25) is 14.0 Å². The van der Waals surface area contributed by atoms with Crippen LogP contribution in [-0.4, -0.2) is 50.2 Å². The number of imidazole rings is 1. The number of fused-ring (bicyclic) bond motifs is 1. The Morgan fingerprint density at radius 2 is 2.00 bits per heavy atom. The van der Waals surface area contributed by atoms with Crippen LogP contribution in [-0.2, 0) is 0 Å². The minimum atomic E-state index is -0.351. The van der Waals surface area contributed by atoms with Crippen LogP contribution in [0, 0.1) is 12.7 Å². The highest BCUT2D eigenvalue weighted by Crippen LogP contribution is 2.45. The molecular formula is C26H26FN5O2S2. The summed E-state index contributed by atoms with van der Waals surface area (Å²) in [4.78, 5) is 39.3. The van der Waals surface area contributed by atoms with E-state index >= 15 is 0 Å². The number of hydrogen-bond acceptors (Lipinski definition) is 6. The fraction of sp³-hybridized carbons (Fsp3) is 0.385. The van der Waals surface area contributed by atoms with Gasteiger partial charge >= 0.3 is 0 Å². The van der Waals surface area contributed by atoms with Crippen LogP contribution < -0.4 is 5.32 Å². The number of hydrogen-bond donors (Lipinski definition) is 1. The highest BCUT2D eigenvalue weighted by atomic mass is 32.1. The molecule has 6 rings (SSSR count). The summed E-state index contributed by atoms with van der Waals surface area (Å²) < 4.78 is 16.5. The monoisotopic (exact) mass is 523 g/mol. The van der Waals surface area contributed by atoms with Crippen molar-refractivity contribution in [1.82, 2.24) is 24.6 Å². The number of carbonyl (C=O) groups excluding carboxylic acids is 2. The average molecular weight is 524 g/mol. The predicted molar refractivity (Wildman–Crippen MR) is 138 cm³/mol.